The van der Waals surface area contributed by atoms with Crippen molar-refractivity contribution in [1.29, 1.82) is 0 Å². The van der Waals surface area contributed by atoms with Crippen LogP contribution in [0.5, 0.6) is 0 Å². The van der Waals surface area contributed by atoms with Gasteiger partial charge in [0.25, 0.3) is 0 Å². The second-order valence-electron chi connectivity index (χ2n) is 3.28. The number of rotatable bonds is 5. The molecule has 0 bridgehead atoms. The zero-order valence-electron chi connectivity index (χ0n) is 8.82. The Bertz CT molecular complexity index is 348. The van der Waals surface area contributed by atoms with Crippen molar-refractivity contribution in [2.24, 2.45) is 0 Å². The van der Waals surface area contributed by atoms with Crippen LogP contribution in [-0.2, 0) is 6.42 Å². The number of anilines is 1. The van der Waals surface area contributed by atoms with Gasteiger partial charge in [-0.1, -0.05) is 6.08 Å². The van der Waals surface area contributed by atoms with Gasteiger partial charge in [-0.15, -0.1) is 6.58 Å². The van der Waals surface area contributed by atoms with E-state index in [1.807, 2.05) is 6.92 Å². The van der Waals surface area contributed by atoms with Crippen LogP contribution < -0.4 is 5.32 Å². The maximum Gasteiger partial charge on any atom is 0.149 e. The molecular weight excluding hydrogens is 196 g/mol. The summed E-state index contributed by atoms with van der Waals surface area (Å²) in [6.45, 7) is 6.08. The lowest BCUT2D eigenvalue weighted by molar-refractivity contribution is 0.581. The molecule has 0 aliphatic rings. The number of halogens is 2. The molecule has 15 heavy (non-hydrogen) atoms. The predicted octanol–water partition coefficient (Wildman–Crippen LogP) is 3.52. The lowest BCUT2D eigenvalue weighted by Gasteiger charge is -2.11. The van der Waals surface area contributed by atoms with Crippen molar-refractivity contribution in [1.82, 2.24) is 0 Å². The quantitative estimate of drug-likeness (QED) is 0.735. The molecule has 0 amide bonds. The maximum absolute atomic E-state index is 13.4. The van der Waals surface area contributed by atoms with Gasteiger partial charge in [-0.05, 0) is 31.4 Å². The molecule has 1 N–H and O–H groups in total. The summed E-state index contributed by atoms with van der Waals surface area (Å²) in [7, 11) is 0. The highest BCUT2D eigenvalue weighted by molar-refractivity contribution is 5.52. The zero-order valence-corrected chi connectivity index (χ0v) is 8.82. The van der Waals surface area contributed by atoms with E-state index in [1.54, 1.807) is 6.08 Å². The first-order valence-electron chi connectivity index (χ1n) is 5.01. The average molecular weight is 211 g/mol. The van der Waals surface area contributed by atoms with Crippen LogP contribution in [0.2, 0.25) is 0 Å². The zero-order chi connectivity index (χ0) is 11.3. The molecule has 1 rings (SSSR count). The van der Waals surface area contributed by atoms with Gasteiger partial charge in [0.05, 0.1) is 5.69 Å². The van der Waals surface area contributed by atoms with Crippen LogP contribution >= 0.6 is 0 Å². The first kappa shape index (κ1) is 11.7. The summed E-state index contributed by atoms with van der Waals surface area (Å²) in [6, 6.07) is 2.26. The third-order valence-corrected chi connectivity index (χ3v) is 2.11. The molecule has 82 valence electrons. The van der Waals surface area contributed by atoms with Crippen molar-refractivity contribution in [3.63, 3.8) is 0 Å². The molecule has 0 radical (unpaired) electrons. The van der Waals surface area contributed by atoms with E-state index in [2.05, 4.69) is 11.9 Å². The van der Waals surface area contributed by atoms with Crippen LogP contribution in [0.3, 0.4) is 0 Å². The smallest absolute Gasteiger partial charge is 0.149 e. The van der Waals surface area contributed by atoms with Gasteiger partial charge >= 0.3 is 0 Å². The lowest BCUT2D eigenvalue weighted by Crippen LogP contribution is -2.04. The molecule has 0 aromatic heterocycles. The SMILES string of the molecule is C=CCCc1cc(F)cc(F)c1NCC. The van der Waals surface area contributed by atoms with Crippen molar-refractivity contribution in [2.75, 3.05) is 11.9 Å². The van der Waals surface area contributed by atoms with E-state index in [0.717, 1.165) is 6.07 Å². The first-order chi connectivity index (χ1) is 7.19. The number of benzene rings is 1. The predicted molar refractivity (Wildman–Crippen MR) is 59.0 cm³/mol. The van der Waals surface area contributed by atoms with Crippen molar-refractivity contribution in [3.05, 3.63) is 42.0 Å². The molecular formula is C12H15F2N. The van der Waals surface area contributed by atoms with Crippen LogP contribution in [0.25, 0.3) is 0 Å². The Morgan fingerprint density at radius 2 is 2.13 bits per heavy atom. The molecule has 0 saturated heterocycles. The topological polar surface area (TPSA) is 12.0 Å². The van der Waals surface area contributed by atoms with Crippen LogP contribution in [0.1, 0.15) is 18.9 Å². The number of hydrogen-bond donors (Lipinski definition) is 1. The fourth-order valence-electron chi connectivity index (χ4n) is 1.46. The summed E-state index contributed by atoms with van der Waals surface area (Å²) in [5.74, 6) is -1.07. The van der Waals surface area contributed by atoms with E-state index in [-0.39, 0.29) is 0 Å². The second kappa shape index (κ2) is 5.49. The van der Waals surface area contributed by atoms with Crippen LogP contribution in [-0.4, -0.2) is 6.54 Å². The van der Waals surface area contributed by atoms with Gasteiger partial charge in [0.15, 0.2) is 0 Å². The third kappa shape index (κ3) is 3.05. The molecule has 0 saturated carbocycles. The standard InChI is InChI=1S/C12H15F2N/c1-3-5-6-9-7-10(13)8-11(14)12(9)15-4-2/h3,7-8,15H,1,4-6H2,2H3. The molecule has 1 aromatic carbocycles. The summed E-state index contributed by atoms with van der Waals surface area (Å²) in [6.07, 6.45) is 3.04. The molecule has 3 heteroatoms. The highest BCUT2D eigenvalue weighted by Crippen LogP contribution is 2.23. The molecule has 0 aliphatic carbocycles. The van der Waals surface area contributed by atoms with E-state index < -0.39 is 11.6 Å². The second-order valence-corrected chi connectivity index (χ2v) is 3.28. The van der Waals surface area contributed by atoms with Crippen LogP contribution in [0.15, 0.2) is 24.8 Å². The molecule has 0 unspecified atom stereocenters. The van der Waals surface area contributed by atoms with Crippen molar-refractivity contribution < 1.29 is 8.78 Å². The van der Waals surface area contributed by atoms with Gasteiger partial charge in [-0.25, -0.2) is 8.78 Å². The number of nitrogens with one attached hydrogen (secondary N) is 1. The Labute approximate surface area is 88.8 Å². The Morgan fingerprint density at radius 3 is 2.73 bits per heavy atom. The third-order valence-electron chi connectivity index (χ3n) is 2.11. The Balaban J connectivity index is 3.02. The summed E-state index contributed by atoms with van der Waals surface area (Å²) in [5.41, 5.74) is 1.06. The molecule has 0 spiro atoms. The highest BCUT2D eigenvalue weighted by atomic mass is 19.1. The van der Waals surface area contributed by atoms with Crippen molar-refractivity contribution in [2.45, 2.75) is 19.8 Å². The summed E-state index contributed by atoms with van der Waals surface area (Å²) >= 11 is 0. The molecule has 0 atom stereocenters. The Kier molecular flexibility index (Phi) is 4.28. The minimum atomic E-state index is -0.534. The fraction of sp³-hybridized carbons (Fsp3) is 0.333. The van der Waals surface area contributed by atoms with E-state index in [4.69, 9.17) is 0 Å². The molecule has 1 nitrogen and oxygen atoms in total. The van der Waals surface area contributed by atoms with E-state index in [9.17, 15) is 8.78 Å². The van der Waals surface area contributed by atoms with Gasteiger partial charge in [0.1, 0.15) is 11.6 Å². The van der Waals surface area contributed by atoms with E-state index in [1.165, 1.54) is 6.07 Å². The number of aryl methyl sites for hydroxylation is 1. The summed E-state index contributed by atoms with van der Waals surface area (Å²) in [5, 5.41) is 2.90. The van der Waals surface area contributed by atoms with E-state index in [0.29, 0.717) is 30.6 Å². The monoisotopic (exact) mass is 211 g/mol. The molecule has 1 aromatic rings. The normalized spacial score (nSPS) is 10.1. The largest absolute Gasteiger partial charge is 0.383 e. The van der Waals surface area contributed by atoms with Crippen molar-refractivity contribution >= 4 is 5.69 Å². The van der Waals surface area contributed by atoms with Gasteiger partial charge in [0, 0.05) is 12.6 Å². The minimum absolute atomic E-state index is 0.403. The maximum atomic E-state index is 13.4. The van der Waals surface area contributed by atoms with Gasteiger partial charge in [-0.2, -0.15) is 0 Å². The Hall–Kier alpha value is -1.38. The van der Waals surface area contributed by atoms with Gasteiger partial charge < -0.3 is 5.32 Å². The van der Waals surface area contributed by atoms with Gasteiger partial charge in [0.2, 0.25) is 0 Å². The van der Waals surface area contributed by atoms with E-state index >= 15 is 0 Å². The summed E-state index contributed by atoms with van der Waals surface area (Å²) in [4.78, 5) is 0. The number of hydrogen-bond acceptors (Lipinski definition) is 1. The van der Waals surface area contributed by atoms with Crippen LogP contribution in [0.4, 0.5) is 14.5 Å². The molecule has 0 heterocycles. The minimum Gasteiger partial charge on any atom is -0.383 e. The Morgan fingerprint density at radius 1 is 1.40 bits per heavy atom. The van der Waals surface area contributed by atoms with Crippen LogP contribution in [0, 0.1) is 11.6 Å². The lowest BCUT2D eigenvalue weighted by atomic mass is 10.1. The fourth-order valence-corrected chi connectivity index (χ4v) is 1.46. The van der Waals surface area contributed by atoms with Crippen molar-refractivity contribution in [3.8, 4) is 0 Å². The highest BCUT2D eigenvalue weighted by Gasteiger charge is 2.09. The molecule has 0 fully saturated rings. The number of allylic oxidation sites excluding steroid dienone is 1. The average Bonchev–Trinajstić information content (AvgIpc) is 2.19. The molecule has 0 aliphatic heterocycles. The summed E-state index contributed by atoms with van der Waals surface area (Å²) < 4.78 is 26.4. The first-order valence-corrected chi connectivity index (χ1v) is 5.01. The van der Waals surface area contributed by atoms with Gasteiger partial charge in [-0.3, -0.25) is 0 Å².